The molecule has 5 rings (SSSR count). The van der Waals surface area contributed by atoms with E-state index in [1.807, 2.05) is 6.07 Å². The number of rotatable bonds is 1. The zero-order valence-electron chi connectivity index (χ0n) is 16.2. The maximum Gasteiger partial charge on any atom is 0.150 e. The monoisotopic (exact) mass is 431 g/mol. The maximum atomic E-state index is 6.59. The van der Waals surface area contributed by atoms with Crippen molar-refractivity contribution in [2.24, 2.45) is 0 Å². The lowest BCUT2D eigenvalue weighted by molar-refractivity contribution is 0.243. The Hall–Kier alpha value is -2.52. The molecule has 3 aromatic carbocycles. The lowest BCUT2D eigenvalue weighted by Crippen LogP contribution is -2.32. The molecular formula is C25H22BrNO. The van der Waals surface area contributed by atoms with Crippen LogP contribution in [0.1, 0.15) is 43.6 Å². The van der Waals surface area contributed by atoms with Crippen LogP contribution in [0.25, 0.3) is 16.7 Å². The summed E-state index contributed by atoms with van der Waals surface area (Å²) in [4.78, 5) is 0. The van der Waals surface area contributed by atoms with Crippen LogP contribution in [0.4, 0.5) is 5.69 Å². The van der Waals surface area contributed by atoms with E-state index in [1.165, 1.54) is 28.0 Å². The van der Waals surface area contributed by atoms with Gasteiger partial charge in [0, 0.05) is 26.9 Å². The van der Waals surface area contributed by atoms with Gasteiger partial charge < -0.3 is 10.1 Å². The van der Waals surface area contributed by atoms with Gasteiger partial charge in [-0.1, -0.05) is 58.4 Å². The highest BCUT2D eigenvalue weighted by Gasteiger charge is 2.34. The number of hydrogen-bond acceptors (Lipinski definition) is 2. The molecule has 0 spiro atoms. The number of fused-ring (bicyclic) bond motifs is 5. The van der Waals surface area contributed by atoms with E-state index in [1.54, 1.807) is 0 Å². The van der Waals surface area contributed by atoms with Crippen molar-refractivity contribution in [3.05, 3.63) is 87.9 Å². The van der Waals surface area contributed by atoms with Gasteiger partial charge in [-0.3, -0.25) is 0 Å². The van der Waals surface area contributed by atoms with Crippen LogP contribution in [0.15, 0.2) is 71.2 Å². The smallest absolute Gasteiger partial charge is 0.150 e. The summed E-state index contributed by atoms with van der Waals surface area (Å²) in [6.45, 7) is 6.62. The Bertz CT molecular complexity index is 1130. The van der Waals surface area contributed by atoms with E-state index < -0.39 is 0 Å². The number of benzene rings is 3. The van der Waals surface area contributed by atoms with Crippen LogP contribution in [-0.2, 0) is 0 Å². The second kappa shape index (κ2) is 6.25. The van der Waals surface area contributed by atoms with Crippen LogP contribution < -0.4 is 10.1 Å². The minimum atomic E-state index is -0.149. The van der Waals surface area contributed by atoms with E-state index in [4.69, 9.17) is 4.74 Å². The number of anilines is 1. The van der Waals surface area contributed by atoms with E-state index in [0.717, 1.165) is 21.3 Å². The summed E-state index contributed by atoms with van der Waals surface area (Å²) in [6.07, 6.45) is 2.16. The van der Waals surface area contributed by atoms with Crippen molar-refractivity contribution in [2.75, 3.05) is 5.32 Å². The van der Waals surface area contributed by atoms with Gasteiger partial charge in [-0.15, -0.1) is 0 Å². The molecule has 28 heavy (non-hydrogen) atoms. The minimum Gasteiger partial charge on any atom is -0.480 e. The average Bonchev–Trinajstić information content (AvgIpc) is 2.65. The Balaban J connectivity index is 1.81. The van der Waals surface area contributed by atoms with Crippen LogP contribution >= 0.6 is 15.9 Å². The van der Waals surface area contributed by atoms with Crippen LogP contribution in [-0.4, -0.2) is 5.54 Å². The molecule has 1 N–H and O–H groups in total. The fourth-order valence-electron chi connectivity index (χ4n) is 4.53. The van der Waals surface area contributed by atoms with E-state index in [0.29, 0.717) is 0 Å². The molecule has 0 unspecified atom stereocenters. The van der Waals surface area contributed by atoms with Gasteiger partial charge in [-0.25, -0.2) is 0 Å². The summed E-state index contributed by atoms with van der Waals surface area (Å²) in [6, 6.07) is 21.2. The fraction of sp³-hybridized carbons (Fsp3) is 0.200. The van der Waals surface area contributed by atoms with Crippen molar-refractivity contribution in [3.63, 3.8) is 0 Å². The zero-order valence-corrected chi connectivity index (χ0v) is 17.8. The second-order valence-corrected chi connectivity index (χ2v) is 9.09. The quantitative estimate of drug-likeness (QED) is 0.439. The Morgan fingerprint density at radius 1 is 0.964 bits per heavy atom. The zero-order chi connectivity index (χ0) is 19.5. The Morgan fingerprint density at radius 2 is 1.79 bits per heavy atom. The van der Waals surface area contributed by atoms with Gasteiger partial charge in [0.2, 0.25) is 0 Å². The van der Waals surface area contributed by atoms with E-state index in [2.05, 4.69) is 103 Å². The van der Waals surface area contributed by atoms with Crippen molar-refractivity contribution in [3.8, 4) is 16.9 Å². The first-order chi connectivity index (χ1) is 13.4. The van der Waals surface area contributed by atoms with Crippen molar-refractivity contribution >= 4 is 27.2 Å². The number of allylic oxidation sites excluding steroid dienone is 1. The molecule has 2 heterocycles. The third-order valence-corrected chi connectivity index (χ3v) is 6.00. The van der Waals surface area contributed by atoms with Gasteiger partial charge in [-0.05, 0) is 61.7 Å². The summed E-state index contributed by atoms with van der Waals surface area (Å²) in [5.41, 5.74) is 8.46. The highest BCUT2D eigenvalue weighted by molar-refractivity contribution is 9.10. The first-order valence-corrected chi connectivity index (χ1v) is 10.4. The normalized spacial score (nSPS) is 18.7. The van der Waals surface area contributed by atoms with Gasteiger partial charge in [0.15, 0.2) is 6.10 Å². The summed E-state index contributed by atoms with van der Waals surface area (Å²) in [5.74, 6) is 0.936. The topological polar surface area (TPSA) is 21.3 Å². The maximum absolute atomic E-state index is 6.59. The summed E-state index contributed by atoms with van der Waals surface area (Å²) >= 11 is 3.62. The molecule has 0 bridgehead atoms. The van der Waals surface area contributed by atoms with Gasteiger partial charge in [0.1, 0.15) is 5.75 Å². The molecule has 1 atom stereocenters. The molecule has 2 aliphatic rings. The average molecular weight is 432 g/mol. The van der Waals surface area contributed by atoms with E-state index in [9.17, 15) is 0 Å². The SMILES string of the molecule is CC1=CC(C)(C)Nc2ccc3c(c21)[C@@H](c1cccc(Br)c1)Oc1ccccc1-3. The molecule has 0 radical (unpaired) electrons. The van der Waals surface area contributed by atoms with Gasteiger partial charge in [0.05, 0.1) is 5.54 Å². The summed E-state index contributed by atoms with van der Waals surface area (Å²) in [5, 5.41) is 3.68. The highest BCUT2D eigenvalue weighted by Crippen LogP contribution is 2.50. The Morgan fingerprint density at radius 3 is 2.61 bits per heavy atom. The molecule has 0 saturated carbocycles. The minimum absolute atomic E-state index is 0.0655. The Labute approximate surface area is 174 Å². The summed E-state index contributed by atoms with van der Waals surface area (Å²) in [7, 11) is 0. The van der Waals surface area contributed by atoms with E-state index >= 15 is 0 Å². The molecule has 0 amide bonds. The van der Waals surface area contributed by atoms with Gasteiger partial charge in [0.25, 0.3) is 0 Å². The number of nitrogens with one attached hydrogen (secondary N) is 1. The molecule has 140 valence electrons. The molecular weight excluding hydrogens is 410 g/mol. The first-order valence-electron chi connectivity index (χ1n) is 9.59. The second-order valence-electron chi connectivity index (χ2n) is 8.17. The van der Waals surface area contributed by atoms with Crippen LogP contribution in [0.5, 0.6) is 5.75 Å². The first kappa shape index (κ1) is 17.6. The van der Waals surface area contributed by atoms with Gasteiger partial charge >= 0.3 is 0 Å². The molecule has 3 aromatic rings. The molecule has 2 nitrogen and oxygen atoms in total. The lowest BCUT2D eigenvalue weighted by Gasteiger charge is -2.37. The molecule has 0 aromatic heterocycles. The summed E-state index contributed by atoms with van der Waals surface area (Å²) < 4.78 is 7.65. The number of para-hydroxylation sites is 1. The molecule has 0 saturated heterocycles. The van der Waals surface area contributed by atoms with Crippen LogP contribution in [0, 0.1) is 0 Å². The van der Waals surface area contributed by atoms with Crippen molar-refractivity contribution < 1.29 is 4.74 Å². The Kier molecular flexibility index (Phi) is 3.92. The largest absolute Gasteiger partial charge is 0.480 e. The molecule has 0 fully saturated rings. The third-order valence-electron chi connectivity index (χ3n) is 5.51. The standard InChI is InChI=1S/C25H22BrNO/c1-15-14-25(2,3)27-20-12-11-19-18-9-4-5-10-21(18)28-24(23(19)22(15)20)16-7-6-8-17(26)13-16/h4-14,24,27H,1-3H3/t24-/m1/s1. The van der Waals surface area contributed by atoms with Crippen LogP contribution in [0.3, 0.4) is 0 Å². The van der Waals surface area contributed by atoms with E-state index in [-0.39, 0.29) is 11.6 Å². The lowest BCUT2D eigenvalue weighted by atomic mass is 9.80. The van der Waals surface area contributed by atoms with Crippen molar-refractivity contribution in [2.45, 2.75) is 32.4 Å². The number of ether oxygens (including phenoxy) is 1. The molecule has 0 aliphatic carbocycles. The van der Waals surface area contributed by atoms with Crippen molar-refractivity contribution in [1.82, 2.24) is 0 Å². The number of halogens is 1. The number of hydrogen-bond donors (Lipinski definition) is 1. The highest BCUT2D eigenvalue weighted by atomic mass is 79.9. The fourth-order valence-corrected chi connectivity index (χ4v) is 4.95. The molecule has 3 heteroatoms. The van der Waals surface area contributed by atoms with Crippen LogP contribution in [0.2, 0.25) is 0 Å². The van der Waals surface area contributed by atoms with Crippen molar-refractivity contribution in [1.29, 1.82) is 0 Å². The predicted molar refractivity (Wildman–Crippen MR) is 120 cm³/mol. The van der Waals surface area contributed by atoms with Gasteiger partial charge in [-0.2, -0.15) is 0 Å². The predicted octanol–water partition coefficient (Wildman–Crippen LogP) is 7.21. The molecule has 2 aliphatic heterocycles. The third kappa shape index (κ3) is 2.77.